The second kappa shape index (κ2) is 9.59. The van der Waals surface area contributed by atoms with Gasteiger partial charge in [0.2, 0.25) is 31.5 Å². The average molecular weight is 517 g/mol. The van der Waals surface area contributed by atoms with Crippen LogP contribution >= 0.6 is 0 Å². The summed E-state index contributed by atoms with van der Waals surface area (Å²) in [4.78, 5) is 17.4. The molecular formula is C22H23F3N2O5S2. The summed E-state index contributed by atoms with van der Waals surface area (Å²) in [5.74, 6) is -6.25. The zero-order valence-electron chi connectivity index (χ0n) is 18.4. The van der Waals surface area contributed by atoms with Crippen molar-refractivity contribution in [3.63, 3.8) is 0 Å². The van der Waals surface area contributed by atoms with Gasteiger partial charge < -0.3 is 0 Å². The molecule has 0 spiro atoms. The third-order valence-electron chi connectivity index (χ3n) is 5.21. The average Bonchev–Trinajstić information content (AvgIpc) is 2.76. The monoisotopic (exact) mass is 516 g/mol. The van der Waals surface area contributed by atoms with Gasteiger partial charge in [0, 0.05) is 23.2 Å². The van der Waals surface area contributed by atoms with E-state index in [1.54, 1.807) is 12.1 Å². The normalized spacial score (nSPS) is 21.4. The molecule has 2 aromatic rings. The van der Waals surface area contributed by atoms with E-state index in [2.05, 4.69) is 4.98 Å². The fourth-order valence-corrected chi connectivity index (χ4v) is 8.09. The van der Waals surface area contributed by atoms with Crippen molar-refractivity contribution in [3.05, 3.63) is 65.9 Å². The quantitative estimate of drug-likeness (QED) is 0.467. The molecule has 0 saturated heterocycles. The molecule has 34 heavy (non-hydrogen) atoms. The highest BCUT2D eigenvalue weighted by atomic mass is 32.3. The van der Waals surface area contributed by atoms with Gasteiger partial charge in [-0.05, 0) is 43.2 Å². The fraction of sp³-hybridized carbons (Fsp3) is 0.364. The number of carbonyl (C=O) groups excluding carboxylic acids is 1. The molecule has 3 rings (SSSR count). The topological polar surface area (TPSA) is 101 Å². The predicted molar refractivity (Wildman–Crippen MR) is 122 cm³/mol. The lowest BCUT2D eigenvalue weighted by atomic mass is 9.84. The number of pyridine rings is 1. The van der Waals surface area contributed by atoms with Crippen molar-refractivity contribution < 1.29 is 34.8 Å². The first-order chi connectivity index (χ1) is 15.9. The SMILES string of the molecule is CCCS(=O)(=O)N(C1C=C(F)C(F)=CC1(F)C(=O)c1ccc2ncccc2c1)S(=O)(=O)CCC. The smallest absolute Gasteiger partial charge is 0.227 e. The molecule has 0 radical (unpaired) electrons. The molecule has 0 amide bonds. The van der Waals surface area contributed by atoms with Crippen LogP contribution in [0.2, 0.25) is 0 Å². The van der Waals surface area contributed by atoms with Crippen molar-refractivity contribution in [1.82, 2.24) is 8.69 Å². The van der Waals surface area contributed by atoms with Crippen molar-refractivity contribution in [2.45, 2.75) is 38.4 Å². The van der Waals surface area contributed by atoms with Crippen molar-refractivity contribution in [3.8, 4) is 0 Å². The van der Waals surface area contributed by atoms with Gasteiger partial charge in [-0.1, -0.05) is 23.6 Å². The summed E-state index contributed by atoms with van der Waals surface area (Å²) < 4.78 is 96.6. The summed E-state index contributed by atoms with van der Waals surface area (Å²) in [6.45, 7) is 2.91. The first kappa shape index (κ1) is 26.0. The van der Waals surface area contributed by atoms with Crippen LogP contribution in [-0.2, 0) is 20.0 Å². The number of fused-ring (bicyclic) bond motifs is 1. The lowest BCUT2D eigenvalue weighted by Crippen LogP contribution is -2.58. The number of hydrogen-bond donors (Lipinski definition) is 0. The van der Waals surface area contributed by atoms with Gasteiger partial charge in [-0.15, -0.1) is 0 Å². The molecule has 2 unspecified atom stereocenters. The first-order valence-electron chi connectivity index (χ1n) is 10.5. The molecule has 184 valence electrons. The molecule has 1 aromatic carbocycles. The second-order valence-electron chi connectivity index (χ2n) is 7.82. The summed E-state index contributed by atoms with van der Waals surface area (Å²) >= 11 is 0. The maximum atomic E-state index is 16.5. The van der Waals surface area contributed by atoms with Gasteiger partial charge in [-0.25, -0.2) is 30.0 Å². The van der Waals surface area contributed by atoms with Crippen molar-refractivity contribution in [2.24, 2.45) is 0 Å². The van der Waals surface area contributed by atoms with E-state index in [9.17, 15) is 30.4 Å². The lowest BCUT2D eigenvalue weighted by molar-refractivity contribution is 0.0700. The van der Waals surface area contributed by atoms with Crippen molar-refractivity contribution in [2.75, 3.05) is 11.5 Å². The van der Waals surface area contributed by atoms with E-state index in [0.717, 1.165) is 0 Å². The Kier molecular flexibility index (Phi) is 7.34. The minimum absolute atomic E-state index is 0.00128. The van der Waals surface area contributed by atoms with Gasteiger partial charge in [0.1, 0.15) is 6.04 Å². The van der Waals surface area contributed by atoms with E-state index in [4.69, 9.17) is 0 Å². The molecule has 1 aliphatic carbocycles. The highest BCUT2D eigenvalue weighted by Gasteiger charge is 2.56. The maximum absolute atomic E-state index is 16.5. The van der Waals surface area contributed by atoms with E-state index < -0.39 is 60.7 Å². The zero-order valence-corrected chi connectivity index (χ0v) is 20.0. The van der Waals surface area contributed by atoms with Gasteiger partial charge in [0.15, 0.2) is 11.7 Å². The number of hydrogen-bond acceptors (Lipinski definition) is 6. The van der Waals surface area contributed by atoms with E-state index >= 15 is 4.39 Å². The number of alkyl halides is 1. The number of Topliss-reactive ketones (excluding diaryl/α,β-unsaturated/α-hetero) is 1. The Hall–Kier alpha value is -2.57. The molecule has 0 saturated carbocycles. The Balaban J connectivity index is 2.24. The van der Waals surface area contributed by atoms with Gasteiger partial charge in [-0.2, -0.15) is 0 Å². The summed E-state index contributed by atoms with van der Waals surface area (Å²) in [6, 6.07) is 4.52. The summed E-state index contributed by atoms with van der Waals surface area (Å²) in [5, 5.41) is 0.435. The van der Waals surface area contributed by atoms with E-state index in [1.165, 1.54) is 38.2 Å². The van der Waals surface area contributed by atoms with Crippen LogP contribution in [0.5, 0.6) is 0 Å². The second-order valence-corrected chi connectivity index (χ2v) is 12.0. The molecule has 0 fully saturated rings. The number of halogens is 3. The highest BCUT2D eigenvalue weighted by Crippen LogP contribution is 2.39. The summed E-state index contributed by atoms with van der Waals surface area (Å²) in [7, 11) is -9.47. The van der Waals surface area contributed by atoms with Crippen molar-refractivity contribution >= 4 is 36.7 Å². The minimum atomic E-state index is -4.73. The maximum Gasteiger partial charge on any atom is 0.227 e. The van der Waals surface area contributed by atoms with Crippen LogP contribution in [0.15, 0.2) is 60.3 Å². The van der Waals surface area contributed by atoms with Crippen LogP contribution in [0.4, 0.5) is 13.2 Å². The van der Waals surface area contributed by atoms with Crippen LogP contribution in [0.3, 0.4) is 0 Å². The lowest BCUT2D eigenvalue weighted by Gasteiger charge is -2.37. The van der Waals surface area contributed by atoms with Gasteiger partial charge in [0.25, 0.3) is 0 Å². The third-order valence-corrected chi connectivity index (χ3v) is 9.97. The molecular weight excluding hydrogens is 493 g/mol. The number of allylic oxidation sites excluding steroid dienone is 2. The van der Waals surface area contributed by atoms with Crippen LogP contribution in [0.25, 0.3) is 10.9 Å². The Bertz CT molecular complexity index is 1350. The van der Waals surface area contributed by atoms with Crippen LogP contribution in [0.1, 0.15) is 37.0 Å². The molecule has 1 aliphatic rings. The first-order valence-corrected chi connectivity index (χ1v) is 13.7. The summed E-state index contributed by atoms with van der Waals surface area (Å²) in [5.41, 5.74) is -3.37. The molecule has 12 heteroatoms. The highest BCUT2D eigenvalue weighted by molar-refractivity contribution is 8.04. The molecule has 1 aromatic heterocycles. The van der Waals surface area contributed by atoms with Crippen LogP contribution in [-0.4, -0.2) is 54.5 Å². The van der Waals surface area contributed by atoms with Gasteiger partial charge in [-0.3, -0.25) is 9.78 Å². The molecule has 2 atom stereocenters. The number of ketones is 1. The molecule has 1 heterocycles. The Morgan fingerprint density at radius 2 is 1.65 bits per heavy atom. The third kappa shape index (κ3) is 4.80. The van der Waals surface area contributed by atoms with Crippen LogP contribution in [0, 0.1) is 0 Å². The minimum Gasteiger partial charge on any atom is -0.290 e. The molecule has 7 nitrogen and oxygen atoms in total. The van der Waals surface area contributed by atoms with E-state index in [0.29, 0.717) is 10.9 Å². The molecule has 0 N–H and O–H groups in total. The van der Waals surface area contributed by atoms with E-state index in [1.807, 2.05) is 0 Å². The van der Waals surface area contributed by atoms with Gasteiger partial charge >= 0.3 is 0 Å². The number of rotatable bonds is 9. The molecule has 0 aliphatic heterocycles. The Labute approximate surface area is 196 Å². The fourth-order valence-electron chi connectivity index (χ4n) is 3.75. The summed E-state index contributed by atoms with van der Waals surface area (Å²) in [6.07, 6.45) is 1.62. The van der Waals surface area contributed by atoms with Crippen LogP contribution < -0.4 is 0 Å². The van der Waals surface area contributed by atoms with Gasteiger partial charge in [0.05, 0.1) is 17.0 Å². The van der Waals surface area contributed by atoms with E-state index in [-0.39, 0.29) is 34.3 Å². The Morgan fingerprint density at radius 1 is 1.03 bits per heavy atom. The zero-order chi connectivity index (χ0) is 25.3. The number of aromatic nitrogens is 1. The predicted octanol–water partition coefficient (Wildman–Crippen LogP) is 4.00. The van der Waals surface area contributed by atoms with Crippen molar-refractivity contribution in [1.29, 1.82) is 0 Å². The Morgan fingerprint density at radius 3 is 2.24 bits per heavy atom. The number of benzene rings is 1. The largest absolute Gasteiger partial charge is 0.290 e. The number of carbonyl (C=O) groups is 1. The number of nitrogens with zero attached hydrogens (tertiary/aromatic N) is 2. The number of sulfonamides is 2. The standard InChI is InChI=1S/C22H23F3N2O5S2/c1-3-10-33(29,30)27(34(31,32)11-4-2)20-13-17(23)18(24)14-22(20,25)21(28)16-7-8-19-15(12-16)6-5-9-26-19/h5-9,12-14,20H,3-4,10-11H2,1-2H3. The molecule has 0 bridgehead atoms.